The van der Waals surface area contributed by atoms with Gasteiger partial charge in [-0.05, 0) is 37.5 Å². The lowest BCUT2D eigenvalue weighted by Crippen LogP contribution is -2.05. The largest absolute Gasteiger partial charge is 0.462 e. The summed E-state index contributed by atoms with van der Waals surface area (Å²) in [7, 11) is 1.63. The van der Waals surface area contributed by atoms with Crippen molar-refractivity contribution < 1.29 is 19.1 Å². The third kappa shape index (κ3) is 2.91. The fourth-order valence-electron chi connectivity index (χ4n) is 2.59. The number of benzene rings is 1. The Morgan fingerprint density at radius 3 is 2.50 bits per heavy atom. The van der Waals surface area contributed by atoms with Crippen LogP contribution in [0.3, 0.4) is 0 Å². The van der Waals surface area contributed by atoms with Gasteiger partial charge in [0, 0.05) is 22.8 Å². The number of hydrogen-bond acceptors (Lipinski definition) is 5. The molecule has 0 radical (unpaired) electrons. The molecular formula is C17H20O4S. The van der Waals surface area contributed by atoms with Gasteiger partial charge in [-0.2, -0.15) is 0 Å². The number of carbonyl (C=O) groups is 2. The summed E-state index contributed by atoms with van der Waals surface area (Å²) in [5, 5.41) is 0.963. The van der Waals surface area contributed by atoms with Gasteiger partial charge < -0.3 is 9.47 Å². The van der Waals surface area contributed by atoms with Gasteiger partial charge in [-0.1, -0.05) is 13.0 Å². The number of rotatable bonds is 6. The summed E-state index contributed by atoms with van der Waals surface area (Å²) in [6.07, 6.45) is 0.701. The molecule has 4 nitrogen and oxygen atoms in total. The van der Waals surface area contributed by atoms with Crippen LogP contribution in [0.25, 0.3) is 10.1 Å². The van der Waals surface area contributed by atoms with Crippen LogP contribution in [0.4, 0.5) is 0 Å². The van der Waals surface area contributed by atoms with E-state index < -0.39 is 0 Å². The summed E-state index contributed by atoms with van der Waals surface area (Å²) in [6.45, 7) is 6.11. The van der Waals surface area contributed by atoms with Crippen LogP contribution in [-0.2, 0) is 22.5 Å². The van der Waals surface area contributed by atoms with E-state index in [4.69, 9.17) is 9.47 Å². The minimum atomic E-state index is -0.321. The van der Waals surface area contributed by atoms with Crippen molar-refractivity contribution in [2.45, 2.75) is 33.8 Å². The molecule has 5 heteroatoms. The molecule has 1 heterocycles. The molecule has 0 aliphatic rings. The van der Waals surface area contributed by atoms with Gasteiger partial charge in [-0.15, -0.1) is 11.3 Å². The average molecular weight is 320 g/mol. The normalized spacial score (nSPS) is 10.9. The van der Waals surface area contributed by atoms with Gasteiger partial charge in [0.15, 0.2) is 5.78 Å². The molecule has 2 rings (SSSR count). The molecule has 0 aliphatic carbocycles. The first-order valence-electron chi connectivity index (χ1n) is 7.29. The topological polar surface area (TPSA) is 52.6 Å². The van der Waals surface area contributed by atoms with E-state index in [1.54, 1.807) is 21.0 Å². The summed E-state index contributed by atoms with van der Waals surface area (Å²) in [4.78, 5) is 24.7. The molecule has 0 atom stereocenters. The number of ether oxygens (including phenoxy) is 2. The molecule has 0 aliphatic heterocycles. The molecule has 1 aromatic carbocycles. The third-order valence-electron chi connectivity index (χ3n) is 3.52. The van der Waals surface area contributed by atoms with Crippen molar-refractivity contribution in [3.63, 3.8) is 0 Å². The Labute approximate surface area is 134 Å². The standard InChI is InChI=1S/C17H20O4S/c1-5-12-14-11(9-20-4)7-8-13(10(3)18)15(14)22-16(12)17(19)21-6-2/h7-8H,5-6,9H2,1-4H3. The van der Waals surface area contributed by atoms with Crippen LogP contribution in [0.5, 0.6) is 0 Å². The summed E-state index contributed by atoms with van der Waals surface area (Å²) < 4.78 is 11.3. The van der Waals surface area contributed by atoms with E-state index in [1.807, 2.05) is 19.1 Å². The molecular weight excluding hydrogens is 300 g/mol. The number of aryl methyl sites for hydroxylation is 1. The quantitative estimate of drug-likeness (QED) is 0.596. The maximum Gasteiger partial charge on any atom is 0.348 e. The maximum atomic E-state index is 12.2. The molecule has 118 valence electrons. The number of ketones is 1. The van der Waals surface area contributed by atoms with E-state index in [0.29, 0.717) is 30.1 Å². The predicted octanol–water partition coefficient (Wildman–Crippen LogP) is 3.99. The zero-order valence-corrected chi connectivity index (χ0v) is 14.1. The summed E-state index contributed by atoms with van der Waals surface area (Å²) in [5.41, 5.74) is 2.57. The van der Waals surface area contributed by atoms with Gasteiger partial charge in [-0.3, -0.25) is 4.79 Å². The van der Waals surface area contributed by atoms with Crippen LogP contribution in [0, 0.1) is 0 Å². The van der Waals surface area contributed by atoms with E-state index in [9.17, 15) is 9.59 Å². The van der Waals surface area contributed by atoms with Gasteiger partial charge in [0.25, 0.3) is 0 Å². The molecule has 0 saturated heterocycles. The number of Topliss-reactive ketones (excluding diaryl/α,β-unsaturated/α-hetero) is 1. The first-order chi connectivity index (χ1) is 10.5. The number of methoxy groups -OCH3 is 1. The summed E-state index contributed by atoms with van der Waals surface area (Å²) in [6, 6.07) is 3.72. The second kappa shape index (κ2) is 7.03. The third-order valence-corrected chi connectivity index (χ3v) is 4.76. The molecule has 0 amide bonds. The van der Waals surface area contributed by atoms with Crippen LogP contribution in [0.15, 0.2) is 12.1 Å². The SMILES string of the molecule is CCOC(=O)c1sc2c(C(C)=O)ccc(COC)c2c1CC. The van der Waals surface area contributed by atoms with Crippen molar-refractivity contribution in [3.05, 3.63) is 33.7 Å². The van der Waals surface area contributed by atoms with Gasteiger partial charge in [-0.25, -0.2) is 4.79 Å². The molecule has 0 unspecified atom stereocenters. The van der Waals surface area contributed by atoms with Gasteiger partial charge in [0.1, 0.15) is 4.88 Å². The zero-order valence-electron chi connectivity index (χ0n) is 13.3. The van der Waals surface area contributed by atoms with Crippen LogP contribution < -0.4 is 0 Å². The highest BCUT2D eigenvalue weighted by molar-refractivity contribution is 7.21. The molecule has 0 bridgehead atoms. The Hall–Kier alpha value is -1.72. The first-order valence-corrected chi connectivity index (χ1v) is 8.10. The van der Waals surface area contributed by atoms with Crippen LogP contribution in [0.1, 0.15) is 51.9 Å². The summed E-state index contributed by atoms with van der Waals surface area (Å²) in [5.74, 6) is -0.327. The number of esters is 1. The monoisotopic (exact) mass is 320 g/mol. The Kier molecular flexibility index (Phi) is 5.32. The second-order valence-corrected chi connectivity index (χ2v) is 5.97. The number of carbonyl (C=O) groups excluding carboxylic acids is 2. The molecule has 1 aromatic heterocycles. The van der Waals surface area contributed by atoms with Crippen LogP contribution in [-0.4, -0.2) is 25.5 Å². The van der Waals surface area contributed by atoms with Crippen LogP contribution in [0.2, 0.25) is 0 Å². The fourth-order valence-corrected chi connectivity index (χ4v) is 3.98. The van der Waals surface area contributed by atoms with E-state index in [-0.39, 0.29) is 11.8 Å². The molecule has 22 heavy (non-hydrogen) atoms. The van der Waals surface area contributed by atoms with Crippen molar-refractivity contribution in [1.29, 1.82) is 0 Å². The van der Waals surface area contributed by atoms with E-state index >= 15 is 0 Å². The Bertz CT molecular complexity index is 715. The summed E-state index contributed by atoms with van der Waals surface area (Å²) >= 11 is 1.34. The first kappa shape index (κ1) is 16.6. The van der Waals surface area contributed by atoms with Gasteiger partial charge >= 0.3 is 5.97 Å². The van der Waals surface area contributed by atoms with E-state index in [0.717, 1.165) is 21.2 Å². The van der Waals surface area contributed by atoms with Gasteiger partial charge in [0.2, 0.25) is 0 Å². The zero-order chi connectivity index (χ0) is 16.3. The fraction of sp³-hybridized carbons (Fsp3) is 0.412. The van der Waals surface area contributed by atoms with Crippen molar-refractivity contribution in [2.24, 2.45) is 0 Å². The van der Waals surface area contributed by atoms with Crippen molar-refractivity contribution in [3.8, 4) is 0 Å². The maximum absolute atomic E-state index is 12.2. The molecule has 2 aromatic rings. The molecule has 0 spiro atoms. The Morgan fingerprint density at radius 1 is 1.23 bits per heavy atom. The van der Waals surface area contributed by atoms with Crippen LogP contribution >= 0.6 is 11.3 Å². The smallest absolute Gasteiger partial charge is 0.348 e. The van der Waals surface area contributed by atoms with E-state index in [1.165, 1.54) is 11.3 Å². The molecule has 0 N–H and O–H groups in total. The highest BCUT2D eigenvalue weighted by Crippen LogP contribution is 2.37. The number of fused-ring (bicyclic) bond motifs is 1. The Morgan fingerprint density at radius 2 is 1.95 bits per heavy atom. The lowest BCUT2D eigenvalue weighted by atomic mass is 9.99. The highest BCUT2D eigenvalue weighted by Gasteiger charge is 2.23. The van der Waals surface area contributed by atoms with Gasteiger partial charge in [0.05, 0.1) is 13.2 Å². The average Bonchev–Trinajstić information content (AvgIpc) is 2.87. The minimum absolute atomic E-state index is 0.00622. The lowest BCUT2D eigenvalue weighted by molar-refractivity contribution is 0.0531. The number of hydrogen-bond donors (Lipinski definition) is 0. The Balaban J connectivity index is 2.79. The molecule has 0 saturated carbocycles. The second-order valence-electron chi connectivity index (χ2n) is 4.95. The molecule has 0 fully saturated rings. The van der Waals surface area contributed by atoms with Crippen molar-refractivity contribution >= 4 is 33.2 Å². The minimum Gasteiger partial charge on any atom is -0.462 e. The number of thiophene rings is 1. The van der Waals surface area contributed by atoms with Crippen molar-refractivity contribution in [1.82, 2.24) is 0 Å². The lowest BCUT2D eigenvalue weighted by Gasteiger charge is -2.07. The predicted molar refractivity (Wildman–Crippen MR) is 87.9 cm³/mol. The van der Waals surface area contributed by atoms with E-state index in [2.05, 4.69) is 0 Å². The highest BCUT2D eigenvalue weighted by atomic mass is 32.1. The van der Waals surface area contributed by atoms with Crippen molar-refractivity contribution in [2.75, 3.05) is 13.7 Å².